The van der Waals surface area contributed by atoms with Crippen molar-refractivity contribution < 1.29 is 15.0 Å². The maximum atomic E-state index is 12.0. The number of likely N-dealkylation sites (N-methyl/N-ethyl adjacent to an activating group) is 1. The van der Waals surface area contributed by atoms with Gasteiger partial charge in [-0.3, -0.25) is 4.79 Å². The molecule has 19 heavy (non-hydrogen) atoms. The lowest BCUT2D eigenvalue weighted by Crippen LogP contribution is -2.37. The molecule has 1 unspecified atom stereocenters. The van der Waals surface area contributed by atoms with Crippen LogP contribution in [0.3, 0.4) is 0 Å². The molecular formula is C14H18N2O3. The minimum atomic E-state index is -0.252. The predicted octanol–water partition coefficient (Wildman–Crippen LogP) is 0.268. The summed E-state index contributed by atoms with van der Waals surface area (Å²) in [6.07, 6.45) is 1.94. The monoisotopic (exact) mass is 262 g/mol. The molecule has 1 aromatic heterocycles. The largest absolute Gasteiger partial charge is 0.395 e. The molecule has 1 atom stereocenters. The van der Waals surface area contributed by atoms with Crippen molar-refractivity contribution in [3.05, 3.63) is 29.6 Å². The lowest BCUT2D eigenvalue weighted by Gasteiger charge is -2.22. The maximum absolute atomic E-state index is 12.0. The van der Waals surface area contributed by atoms with Gasteiger partial charge in [0.2, 0.25) is 0 Å². The van der Waals surface area contributed by atoms with Gasteiger partial charge >= 0.3 is 0 Å². The van der Waals surface area contributed by atoms with Gasteiger partial charge in [0.05, 0.1) is 19.3 Å². The zero-order chi connectivity index (χ0) is 14.3. The second kappa shape index (κ2) is 7.52. The Morgan fingerprint density at radius 1 is 1.47 bits per heavy atom. The van der Waals surface area contributed by atoms with Gasteiger partial charge in [-0.15, -0.1) is 0 Å². The van der Waals surface area contributed by atoms with E-state index in [4.69, 9.17) is 10.2 Å². The summed E-state index contributed by atoms with van der Waals surface area (Å²) in [6.45, 7) is 1.69. The molecule has 0 aromatic carbocycles. The molecule has 1 aromatic rings. The molecule has 0 saturated carbocycles. The van der Waals surface area contributed by atoms with Crippen molar-refractivity contribution in [2.24, 2.45) is 0 Å². The van der Waals surface area contributed by atoms with Crippen molar-refractivity contribution in [3.8, 4) is 11.8 Å². The summed E-state index contributed by atoms with van der Waals surface area (Å²) >= 11 is 0. The summed E-state index contributed by atoms with van der Waals surface area (Å²) in [5.74, 6) is 5.38. The number of aliphatic hydroxyl groups is 2. The van der Waals surface area contributed by atoms with E-state index in [1.54, 1.807) is 26.1 Å². The van der Waals surface area contributed by atoms with E-state index < -0.39 is 0 Å². The molecule has 0 aliphatic rings. The van der Waals surface area contributed by atoms with E-state index in [9.17, 15) is 4.79 Å². The van der Waals surface area contributed by atoms with Crippen LogP contribution in [0.2, 0.25) is 0 Å². The van der Waals surface area contributed by atoms with Crippen LogP contribution >= 0.6 is 0 Å². The average molecular weight is 262 g/mol. The molecule has 0 radical (unpaired) electrons. The summed E-state index contributed by atoms with van der Waals surface area (Å²) in [6, 6.07) is 3.06. The van der Waals surface area contributed by atoms with Crippen molar-refractivity contribution in [1.82, 2.24) is 9.88 Å². The van der Waals surface area contributed by atoms with Crippen LogP contribution in [0.5, 0.6) is 0 Å². The predicted molar refractivity (Wildman–Crippen MR) is 71.5 cm³/mol. The first-order chi connectivity index (χ1) is 9.10. The lowest BCUT2D eigenvalue weighted by atomic mass is 10.2. The SMILES string of the molecule is CC(CO)N(C)C(=O)c1ccc(C#CCCO)cn1. The second-order valence-corrected chi connectivity index (χ2v) is 4.16. The molecular weight excluding hydrogens is 244 g/mol. The van der Waals surface area contributed by atoms with E-state index >= 15 is 0 Å². The first kappa shape index (κ1) is 15.2. The highest BCUT2D eigenvalue weighted by Crippen LogP contribution is 2.05. The summed E-state index contributed by atoms with van der Waals surface area (Å²) in [5, 5.41) is 17.6. The normalized spacial score (nSPS) is 11.4. The minimum absolute atomic E-state index is 0.0286. The fourth-order valence-corrected chi connectivity index (χ4v) is 1.32. The number of carbonyl (C=O) groups excluding carboxylic acids is 1. The average Bonchev–Trinajstić information content (AvgIpc) is 2.46. The third-order valence-corrected chi connectivity index (χ3v) is 2.70. The Balaban J connectivity index is 2.76. The molecule has 1 rings (SSSR count). The van der Waals surface area contributed by atoms with Crippen molar-refractivity contribution in [3.63, 3.8) is 0 Å². The number of pyridine rings is 1. The van der Waals surface area contributed by atoms with Crippen LogP contribution < -0.4 is 0 Å². The number of rotatable bonds is 4. The fraction of sp³-hybridized carbons (Fsp3) is 0.429. The molecule has 5 nitrogen and oxygen atoms in total. The quantitative estimate of drug-likeness (QED) is 0.764. The fourth-order valence-electron chi connectivity index (χ4n) is 1.32. The van der Waals surface area contributed by atoms with Crippen molar-refractivity contribution >= 4 is 5.91 Å². The number of carbonyl (C=O) groups is 1. The Bertz CT molecular complexity index is 474. The zero-order valence-corrected chi connectivity index (χ0v) is 11.1. The van der Waals surface area contributed by atoms with Crippen LogP contribution in [0.4, 0.5) is 0 Å². The Hall–Kier alpha value is -1.90. The van der Waals surface area contributed by atoms with Crippen LogP contribution in [0.25, 0.3) is 0 Å². The molecule has 102 valence electrons. The van der Waals surface area contributed by atoms with Gasteiger partial charge in [-0.2, -0.15) is 0 Å². The smallest absolute Gasteiger partial charge is 0.272 e. The van der Waals surface area contributed by atoms with Gasteiger partial charge in [-0.05, 0) is 19.1 Å². The van der Waals surface area contributed by atoms with Gasteiger partial charge in [-0.1, -0.05) is 11.8 Å². The van der Waals surface area contributed by atoms with Crippen LogP contribution in [-0.4, -0.2) is 52.3 Å². The molecule has 1 amide bonds. The first-order valence-electron chi connectivity index (χ1n) is 6.04. The van der Waals surface area contributed by atoms with Gasteiger partial charge in [-0.25, -0.2) is 4.98 Å². The number of hydrogen-bond acceptors (Lipinski definition) is 4. The first-order valence-corrected chi connectivity index (χ1v) is 6.04. The minimum Gasteiger partial charge on any atom is -0.395 e. The van der Waals surface area contributed by atoms with Crippen LogP contribution in [0.15, 0.2) is 18.3 Å². The molecule has 0 saturated heterocycles. The number of hydrogen-bond donors (Lipinski definition) is 2. The Morgan fingerprint density at radius 3 is 2.74 bits per heavy atom. The molecule has 0 spiro atoms. The highest BCUT2D eigenvalue weighted by Gasteiger charge is 2.17. The van der Waals surface area contributed by atoms with Crippen molar-refractivity contribution in [2.75, 3.05) is 20.3 Å². The number of aliphatic hydroxyl groups excluding tert-OH is 2. The number of amides is 1. The summed E-state index contributed by atoms with van der Waals surface area (Å²) in [4.78, 5) is 17.5. The third-order valence-electron chi connectivity index (χ3n) is 2.70. The van der Waals surface area contributed by atoms with Crippen LogP contribution in [0.1, 0.15) is 29.4 Å². The van der Waals surface area contributed by atoms with E-state index in [2.05, 4.69) is 16.8 Å². The Kier molecular flexibility index (Phi) is 6.00. The topological polar surface area (TPSA) is 73.7 Å². The molecule has 0 bridgehead atoms. The third kappa shape index (κ3) is 4.36. The lowest BCUT2D eigenvalue weighted by molar-refractivity contribution is 0.0676. The van der Waals surface area contributed by atoms with Gasteiger partial charge < -0.3 is 15.1 Å². The van der Waals surface area contributed by atoms with Gasteiger partial charge in [0.15, 0.2) is 0 Å². The van der Waals surface area contributed by atoms with E-state index in [-0.39, 0.29) is 25.2 Å². The van der Waals surface area contributed by atoms with Gasteiger partial charge in [0, 0.05) is 25.2 Å². The summed E-state index contributed by atoms with van der Waals surface area (Å²) in [7, 11) is 1.62. The van der Waals surface area contributed by atoms with Gasteiger partial charge in [0.1, 0.15) is 5.69 Å². The highest BCUT2D eigenvalue weighted by molar-refractivity contribution is 5.92. The molecule has 0 fully saturated rings. The molecule has 2 N–H and O–H groups in total. The maximum Gasteiger partial charge on any atom is 0.272 e. The Morgan fingerprint density at radius 2 is 2.21 bits per heavy atom. The summed E-state index contributed by atoms with van der Waals surface area (Å²) in [5.41, 5.74) is 1.01. The number of aromatic nitrogens is 1. The summed E-state index contributed by atoms with van der Waals surface area (Å²) < 4.78 is 0. The van der Waals surface area contributed by atoms with E-state index in [0.717, 1.165) is 0 Å². The van der Waals surface area contributed by atoms with E-state index in [1.165, 1.54) is 11.1 Å². The van der Waals surface area contributed by atoms with Gasteiger partial charge in [0.25, 0.3) is 5.91 Å². The van der Waals surface area contributed by atoms with E-state index in [0.29, 0.717) is 17.7 Å². The van der Waals surface area contributed by atoms with Crippen LogP contribution in [-0.2, 0) is 0 Å². The van der Waals surface area contributed by atoms with E-state index in [1.807, 2.05) is 0 Å². The van der Waals surface area contributed by atoms with Crippen molar-refractivity contribution in [2.45, 2.75) is 19.4 Å². The molecule has 0 aliphatic carbocycles. The second-order valence-electron chi connectivity index (χ2n) is 4.16. The zero-order valence-electron chi connectivity index (χ0n) is 11.1. The number of nitrogens with zero attached hydrogens (tertiary/aromatic N) is 2. The highest BCUT2D eigenvalue weighted by atomic mass is 16.3. The molecule has 1 heterocycles. The van der Waals surface area contributed by atoms with Crippen LogP contribution in [0, 0.1) is 11.8 Å². The Labute approximate surface area is 112 Å². The molecule has 5 heteroatoms. The standard InChI is InChI=1S/C14H18N2O3/c1-11(10-18)16(2)14(19)13-7-6-12(9-15-13)5-3-4-8-17/h6-7,9,11,17-18H,4,8,10H2,1-2H3. The van der Waals surface area contributed by atoms with Crippen molar-refractivity contribution in [1.29, 1.82) is 0 Å². The molecule has 0 aliphatic heterocycles.